The van der Waals surface area contributed by atoms with Crippen LogP contribution in [0, 0.1) is 0 Å². The largest absolute Gasteiger partial charge is 0.456 e. The van der Waals surface area contributed by atoms with Crippen molar-refractivity contribution in [1.82, 2.24) is 19.9 Å². The molecule has 10 aromatic rings. The molecular weight excluding hydrogens is 685 g/mol. The molecule has 0 saturated carbocycles. The molecule has 262 valence electrons. The lowest BCUT2D eigenvalue weighted by molar-refractivity contribution is 0.669. The Morgan fingerprint density at radius 3 is 1.66 bits per heavy atom. The summed E-state index contributed by atoms with van der Waals surface area (Å²) in [5.41, 5.74) is 14.3. The van der Waals surface area contributed by atoms with E-state index in [9.17, 15) is 0 Å². The summed E-state index contributed by atoms with van der Waals surface area (Å²) in [4.78, 5) is 20.7. The second-order valence-corrected chi connectivity index (χ2v) is 14.1. The summed E-state index contributed by atoms with van der Waals surface area (Å²) in [6.07, 6.45) is 1.96. The van der Waals surface area contributed by atoms with E-state index in [0.717, 1.165) is 61.0 Å². The molecule has 5 heteroatoms. The van der Waals surface area contributed by atoms with Gasteiger partial charge in [0.2, 0.25) is 0 Å². The number of fused-ring (bicyclic) bond motifs is 7. The van der Waals surface area contributed by atoms with Gasteiger partial charge in [-0.05, 0) is 51.6 Å². The zero-order valence-corrected chi connectivity index (χ0v) is 30.2. The molecule has 0 amide bonds. The molecule has 0 N–H and O–H groups in total. The Bertz CT molecular complexity index is 3010. The lowest BCUT2D eigenvalue weighted by Gasteiger charge is -2.16. The third kappa shape index (κ3) is 5.24. The predicted octanol–water partition coefficient (Wildman–Crippen LogP) is 12.7. The van der Waals surface area contributed by atoms with Gasteiger partial charge < -0.3 is 4.42 Å². The molecule has 11 rings (SSSR count). The van der Waals surface area contributed by atoms with Gasteiger partial charge in [-0.3, -0.25) is 4.98 Å². The summed E-state index contributed by atoms with van der Waals surface area (Å²) >= 11 is 0. The van der Waals surface area contributed by atoms with E-state index < -0.39 is 0 Å². The number of aromatic nitrogens is 4. The molecule has 0 saturated heterocycles. The Labute approximate surface area is 323 Å². The van der Waals surface area contributed by atoms with Crippen LogP contribution in [0.2, 0.25) is 0 Å². The van der Waals surface area contributed by atoms with Crippen LogP contribution in [0.15, 0.2) is 193 Å². The third-order valence-electron chi connectivity index (χ3n) is 10.9. The summed E-state index contributed by atoms with van der Waals surface area (Å²) in [6, 6.07) is 62.9. The maximum Gasteiger partial charge on any atom is 0.166 e. The quantitative estimate of drug-likeness (QED) is 0.171. The third-order valence-corrected chi connectivity index (χ3v) is 10.9. The highest BCUT2D eigenvalue weighted by Crippen LogP contribution is 2.53. The number of rotatable bonds is 6. The highest BCUT2D eigenvalue weighted by atomic mass is 16.3. The molecule has 0 bridgehead atoms. The van der Waals surface area contributed by atoms with Gasteiger partial charge in [0.05, 0.1) is 5.69 Å². The molecule has 1 aliphatic rings. The molecule has 7 aromatic carbocycles. The summed E-state index contributed by atoms with van der Waals surface area (Å²) < 4.78 is 6.75. The molecule has 3 aromatic heterocycles. The first kappa shape index (κ1) is 32.0. The van der Waals surface area contributed by atoms with Crippen molar-refractivity contribution in [2.75, 3.05) is 0 Å². The van der Waals surface area contributed by atoms with Crippen LogP contribution >= 0.6 is 0 Å². The van der Waals surface area contributed by atoms with Crippen LogP contribution in [0.1, 0.15) is 22.6 Å². The minimum Gasteiger partial charge on any atom is -0.456 e. The van der Waals surface area contributed by atoms with Crippen molar-refractivity contribution < 1.29 is 4.42 Å². The van der Waals surface area contributed by atoms with E-state index in [4.69, 9.17) is 24.4 Å². The van der Waals surface area contributed by atoms with Crippen molar-refractivity contribution in [3.05, 3.63) is 205 Å². The zero-order chi connectivity index (χ0) is 37.0. The second-order valence-electron chi connectivity index (χ2n) is 14.1. The van der Waals surface area contributed by atoms with Gasteiger partial charge in [0.15, 0.2) is 17.5 Å². The van der Waals surface area contributed by atoms with Crippen LogP contribution in [0.5, 0.6) is 0 Å². The molecule has 1 aliphatic carbocycles. The molecule has 0 radical (unpaired) electrons. The molecule has 0 spiro atoms. The Kier molecular flexibility index (Phi) is 7.49. The standard InChI is InChI=1S/C51H32N4O/c1-5-16-32(17-6-1)36-30-41(51-54-49(34-20-9-3-10-21-34)53-50(55-51)35-22-11-4-12-23-35)48(52-31-36)40-26-15-27-42-45(40)47-43(56-42)29-28-39-37-24-13-14-25-38(37)44(46(39)47)33-18-7-2-8-19-33/h1-31,44H. The van der Waals surface area contributed by atoms with Gasteiger partial charge in [0.1, 0.15) is 11.2 Å². The Balaban J connectivity index is 1.21. The first-order valence-electron chi connectivity index (χ1n) is 18.8. The fourth-order valence-corrected chi connectivity index (χ4v) is 8.38. The van der Waals surface area contributed by atoms with E-state index in [1.807, 2.05) is 85.1 Å². The summed E-state index contributed by atoms with van der Waals surface area (Å²) in [6.45, 7) is 0. The molecule has 0 fully saturated rings. The summed E-state index contributed by atoms with van der Waals surface area (Å²) in [7, 11) is 0. The van der Waals surface area contributed by atoms with E-state index >= 15 is 0 Å². The van der Waals surface area contributed by atoms with E-state index in [-0.39, 0.29) is 5.92 Å². The fraction of sp³-hybridized carbons (Fsp3) is 0.0196. The number of furan rings is 1. The maximum absolute atomic E-state index is 6.75. The van der Waals surface area contributed by atoms with E-state index in [1.54, 1.807) is 0 Å². The van der Waals surface area contributed by atoms with Crippen molar-refractivity contribution >= 4 is 21.9 Å². The Morgan fingerprint density at radius 1 is 0.393 bits per heavy atom. The molecule has 1 atom stereocenters. The lowest BCUT2D eigenvalue weighted by Crippen LogP contribution is -2.02. The van der Waals surface area contributed by atoms with Gasteiger partial charge in [-0.15, -0.1) is 0 Å². The van der Waals surface area contributed by atoms with Crippen LogP contribution in [0.3, 0.4) is 0 Å². The highest BCUT2D eigenvalue weighted by Gasteiger charge is 2.34. The zero-order valence-electron chi connectivity index (χ0n) is 30.2. The number of hydrogen-bond donors (Lipinski definition) is 0. The average molecular weight is 717 g/mol. The van der Waals surface area contributed by atoms with Crippen LogP contribution in [0.4, 0.5) is 0 Å². The van der Waals surface area contributed by atoms with Crippen molar-refractivity contribution in [2.45, 2.75) is 5.92 Å². The number of hydrogen-bond acceptors (Lipinski definition) is 5. The average Bonchev–Trinajstić information content (AvgIpc) is 3.83. The van der Waals surface area contributed by atoms with Crippen molar-refractivity contribution in [2.24, 2.45) is 0 Å². The molecule has 1 unspecified atom stereocenters. The minimum absolute atomic E-state index is 0.0400. The smallest absolute Gasteiger partial charge is 0.166 e. The first-order valence-corrected chi connectivity index (χ1v) is 18.8. The molecule has 0 aliphatic heterocycles. The van der Waals surface area contributed by atoms with Crippen molar-refractivity contribution in [1.29, 1.82) is 0 Å². The second kappa shape index (κ2) is 13.1. The molecule has 56 heavy (non-hydrogen) atoms. The van der Waals surface area contributed by atoms with E-state index in [0.29, 0.717) is 17.5 Å². The van der Waals surface area contributed by atoms with Gasteiger partial charge >= 0.3 is 0 Å². The van der Waals surface area contributed by atoms with Gasteiger partial charge in [-0.2, -0.15) is 0 Å². The summed E-state index contributed by atoms with van der Waals surface area (Å²) in [5.74, 6) is 1.78. The van der Waals surface area contributed by atoms with Gasteiger partial charge in [0.25, 0.3) is 0 Å². The molecule has 3 heterocycles. The number of benzene rings is 7. The normalized spacial score (nSPS) is 13.2. The first-order chi connectivity index (χ1) is 27.8. The SMILES string of the molecule is c1ccc(-c2cnc(-c3cccc4oc5ccc6c(c5c34)C(c3ccccc3)c3ccccc3-6)c(-c3nc(-c4ccccc4)nc(-c4ccccc4)n3)c2)cc1. The highest BCUT2D eigenvalue weighted by molar-refractivity contribution is 6.17. The van der Waals surface area contributed by atoms with Crippen molar-refractivity contribution in [3.8, 4) is 67.7 Å². The Hall–Kier alpha value is -7.50. The minimum atomic E-state index is 0.0400. The fourth-order valence-electron chi connectivity index (χ4n) is 8.38. The summed E-state index contributed by atoms with van der Waals surface area (Å²) in [5, 5.41) is 2.12. The van der Waals surface area contributed by atoms with Crippen LogP contribution in [-0.4, -0.2) is 19.9 Å². The van der Waals surface area contributed by atoms with Gasteiger partial charge in [0, 0.05) is 50.7 Å². The van der Waals surface area contributed by atoms with E-state index in [2.05, 4.69) is 103 Å². The van der Waals surface area contributed by atoms with Gasteiger partial charge in [-0.25, -0.2) is 15.0 Å². The van der Waals surface area contributed by atoms with E-state index in [1.165, 1.54) is 27.8 Å². The van der Waals surface area contributed by atoms with Crippen LogP contribution in [0.25, 0.3) is 89.6 Å². The lowest BCUT2D eigenvalue weighted by atomic mass is 9.86. The molecular formula is C51H32N4O. The molecule has 5 nitrogen and oxygen atoms in total. The number of pyridine rings is 1. The predicted molar refractivity (Wildman–Crippen MR) is 225 cm³/mol. The Morgan fingerprint density at radius 2 is 0.964 bits per heavy atom. The number of nitrogens with zero attached hydrogens (tertiary/aromatic N) is 4. The maximum atomic E-state index is 6.75. The van der Waals surface area contributed by atoms with Gasteiger partial charge in [-0.1, -0.05) is 164 Å². The topological polar surface area (TPSA) is 64.7 Å². The van der Waals surface area contributed by atoms with Crippen LogP contribution in [-0.2, 0) is 0 Å². The van der Waals surface area contributed by atoms with Crippen molar-refractivity contribution in [3.63, 3.8) is 0 Å². The monoisotopic (exact) mass is 716 g/mol. The van der Waals surface area contributed by atoms with Crippen LogP contribution < -0.4 is 0 Å².